The first kappa shape index (κ1) is 33.7. The van der Waals surface area contributed by atoms with Gasteiger partial charge in [-0.3, -0.25) is 0 Å². The first-order chi connectivity index (χ1) is 22.7. The van der Waals surface area contributed by atoms with E-state index in [0.717, 1.165) is 18.2 Å². The van der Waals surface area contributed by atoms with Crippen LogP contribution in [0.15, 0.2) is 78.8 Å². The zero-order valence-corrected chi connectivity index (χ0v) is 25.2. The number of nitrogen functional groups attached to an aromatic ring is 1. The fourth-order valence-electron chi connectivity index (χ4n) is 5.06. The van der Waals surface area contributed by atoms with Gasteiger partial charge in [-0.15, -0.1) is 0 Å². The van der Waals surface area contributed by atoms with Crippen LogP contribution in [0.3, 0.4) is 0 Å². The number of anilines is 3. The number of carbonyl (C=O) groups excluding carboxylic acids is 2. The molecule has 4 amide bonds. The van der Waals surface area contributed by atoms with Crippen molar-refractivity contribution in [2.75, 3.05) is 29.5 Å². The predicted molar refractivity (Wildman–Crippen MR) is 167 cm³/mol. The summed E-state index contributed by atoms with van der Waals surface area (Å²) < 4.78 is 77.7. The number of nitrogens with two attached hydrogens (primary N) is 1. The second-order valence-corrected chi connectivity index (χ2v) is 10.9. The molecule has 0 spiro atoms. The van der Waals surface area contributed by atoms with Crippen LogP contribution in [0.1, 0.15) is 31.4 Å². The van der Waals surface area contributed by atoms with Gasteiger partial charge < -0.3 is 26.6 Å². The number of allylic oxidation sites excluding steroid dienone is 4. The average molecular weight is 674 g/mol. The summed E-state index contributed by atoms with van der Waals surface area (Å²) in [6.07, 6.45) is -4.52. The molecule has 1 aliphatic heterocycles. The summed E-state index contributed by atoms with van der Waals surface area (Å²) in [5.41, 5.74) is 7.54. The van der Waals surface area contributed by atoms with Crippen molar-refractivity contribution in [3.63, 3.8) is 0 Å². The fraction of sp³-hybridized carbons (Fsp3) is 0.258. The highest BCUT2D eigenvalue weighted by Gasteiger charge is 2.32. The maximum atomic E-state index is 13.0. The summed E-state index contributed by atoms with van der Waals surface area (Å²) in [5, 5.41) is 12.9. The molecule has 48 heavy (non-hydrogen) atoms. The van der Waals surface area contributed by atoms with Crippen LogP contribution >= 0.6 is 0 Å². The molecule has 252 valence electrons. The van der Waals surface area contributed by atoms with Gasteiger partial charge in [0.2, 0.25) is 0 Å². The summed E-state index contributed by atoms with van der Waals surface area (Å²) in [5.74, 6) is 0.177. The highest BCUT2D eigenvalue weighted by molar-refractivity contribution is 6.01. The standard InChI is InChI=1S/C31H29F6N9O2/c1-18(5-2-3-13-30(32,33)34)41-29(48)45-14-12-23(16-45)46-27-24(26(38)39-17-40-27)25(44-46)19-8-10-21(11-9-19)42-28(47)43-22-7-4-6-20(15-22)31(35,36)37/h2-11,15,17,23H,12-14,16H2,1H3,(H,41,48)(H2,38,39,40)(H2,42,43,47)/b3-2-,18-5+/t23-/m1/s1. The van der Waals surface area contributed by atoms with Crippen molar-refractivity contribution >= 4 is 40.3 Å². The molecular formula is C31H29F6N9O2. The molecule has 2 aromatic carbocycles. The van der Waals surface area contributed by atoms with Gasteiger partial charge in [-0.05, 0) is 49.8 Å². The average Bonchev–Trinajstić information content (AvgIpc) is 3.65. The highest BCUT2D eigenvalue weighted by atomic mass is 19.4. The molecule has 5 rings (SSSR count). The van der Waals surface area contributed by atoms with E-state index in [9.17, 15) is 35.9 Å². The van der Waals surface area contributed by atoms with Crippen molar-refractivity contribution in [2.24, 2.45) is 0 Å². The van der Waals surface area contributed by atoms with Crippen molar-refractivity contribution < 1.29 is 35.9 Å². The second kappa shape index (κ2) is 13.6. The Bertz CT molecular complexity index is 1870. The Kier molecular flexibility index (Phi) is 9.58. The van der Waals surface area contributed by atoms with Crippen molar-refractivity contribution in [3.8, 4) is 11.3 Å². The normalized spacial score (nSPS) is 15.7. The lowest BCUT2D eigenvalue weighted by atomic mass is 10.1. The quantitative estimate of drug-likeness (QED) is 0.122. The number of nitrogens with zero attached hydrogens (tertiary/aromatic N) is 5. The summed E-state index contributed by atoms with van der Waals surface area (Å²) >= 11 is 0. The Morgan fingerprint density at radius 1 is 1.02 bits per heavy atom. The van der Waals surface area contributed by atoms with Gasteiger partial charge in [0.1, 0.15) is 17.8 Å². The molecule has 3 heterocycles. The number of nitrogens with one attached hydrogen (secondary N) is 3. The molecule has 5 N–H and O–H groups in total. The lowest BCUT2D eigenvalue weighted by molar-refractivity contribution is -0.137. The van der Waals surface area contributed by atoms with Crippen LogP contribution in [0, 0.1) is 0 Å². The van der Waals surface area contributed by atoms with E-state index in [1.165, 1.54) is 30.6 Å². The lowest BCUT2D eigenvalue weighted by Crippen LogP contribution is -2.37. The molecule has 1 atom stereocenters. The van der Waals surface area contributed by atoms with Crippen LogP contribution in [-0.4, -0.2) is 56.0 Å². The maximum absolute atomic E-state index is 13.0. The van der Waals surface area contributed by atoms with E-state index in [1.807, 2.05) is 0 Å². The van der Waals surface area contributed by atoms with Crippen LogP contribution in [0.2, 0.25) is 0 Å². The number of rotatable bonds is 7. The van der Waals surface area contributed by atoms with Crippen LogP contribution in [0.5, 0.6) is 0 Å². The topological polar surface area (TPSA) is 143 Å². The van der Waals surface area contributed by atoms with Crippen molar-refractivity contribution in [1.82, 2.24) is 30.0 Å². The predicted octanol–water partition coefficient (Wildman–Crippen LogP) is 7.11. The van der Waals surface area contributed by atoms with E-state index in [-0.39, 0.29) is 24.1 Å². The van der Waals surface area contributed by atoms with Gasteiger partial charge in [0.15, 0.2) is 5.65 Å². The zero-order valence-electron chi connectivity index (χ0n) is 25.2. The molecule has 0 saturated carbocycles. The number of amides is 4. The molecule has 11 nitrogen and oxygen atoms in total. The molecule has 1 fully saturated rings. The molecule has 0 aliphatic carbocycles. The Morgan fingerprint density at radius 2 is 1.75 bits per heavy atom. The van der Waals surface area contributed by atoms with E-state index in [1.54, 1.807) is 40.8 Å². The Hall–Kier alpha value is -5.61. The summed E-state index contributed by atoms with van der Waals surface area (Å²) in [7, 11) is 0. The van der Waals surface area contributed by atoms with Gasteiger partial charge in [0, 0.05) is 35.7 Å². The number of benzene rings is 2. The molecule has 0 radical (unpaired) electrons. The number of hydrogen-bond donors (Lipinski definition) is 4. The van der Waals surface area contributed by atoms with E-state index in [0.29, 0.717) is 46.6 Å². The minimum absolute atomic E-state index is 0.0296. The third-order valence-corrected chi connectivity index (χ3v) is 7.31. The number of carbonyl (C=O) groups is 2. The highest BCUT2D eigenvalue weighted by Crippen LogP contribution is 2.35. The van der Waals surface area contributed by atoms with E-state index >= 15 is 0 Å². The second-order valence-electron chi connectivity index (χ2n) is 10.9. The Morgan fingerprint density at radius 3 is 2.46 bits per heavy atom. The van der Waals surface area contributed by atoms with Crippen LogP contribution in [-0.2, 0) is 6.18 Å². The molecule has 1 aliphatic rings. The molecule has 0 bridgehead atoms. The number of likely N-dealkylation sites (tertiary alicyclic amines) is 1. The molecule has 4 aromatic rings. The third kappa shape index (κ3) is 8.21. The molecule has 0 unspecified atom stereocenters. The zero-order chi connectivity index (χ0) is 34.6. The van der Waals surface area contributed by atoms with Gasteiger partial charge in [-0.1, -0.05) is 30.4 Å². The van der Waals surface area contributed by atoms with E-state index in [2.05, 4.69) is 25.9 Å². The van der Waals surface area contributed by atoms with Gasteiger partial charge in [-0.25, -0.2) is 24.2 Å². The Labute approximate surface area is 269 Å². The molecule has 1 saturated heterocycles. The Balaban J connectivity index is 1.27. The van der Waals surface area contributed by atoms with Crippen molar-refractivity contribution in [3.05, 3.63) is 84.3 Å². The van der Waals surface area contributed by atoms with Crippen LogP contribution < -0.4 is 21.7 Å². The molecule has 2 aromatic heterocycles. The first-order valence-corrected chi connectivity index (χ1v) is 14.5. The SMILES string of the molecule is C/C(=C\C=C/CC(F)(F)F)NC(=O)N1CC[C@@H](n2nc(-c3ccc(NC(=O)Nc4cccc(C(F)(F)F)c4)cc3)c3c(N)ncnc32)C1. The van der Waals surface area contributed by atoms with Gasteiger partial charge in [-0.2, -0.15) is 31.4 Å². The fourth-order valence-corrected chi connectivity index (χ4v) is 5.06. The first-order valence-electron chi connectivity index (χ1n) is 14.5. The number of hydrogen-bond acceptors (Lipinski definition) is 6. The minimum atomic E-state index is -4.55. The van der Waals surface area contributed by atoms with Gasteiger partial charge in [0.25, 0.3) is 0 Å². The minimum Gasteiger partial charge on any atom is -0.383 e. The van der Waals surface area contributed by atoms with E-state index in [4.69, 9.17) is 10.8 Å². The summed E-state index contributed by atoms with van der Waals surface area (Å²) in [4.78, 5) is 35.4. The number of fused-ring (bicyclic) bond motifs is 1. The van der Waals surface area contributed by atoms with Crippen LogP contribution in [0.25, 0.3) is 22.3 Å². The summed E-state index contributed by atoms with van der Waals surface area (Å²) in [6.45, 7) is 2.22. The molecule has 17 heteroatoms. The van der Waals surface area contributed by atoms with E-state index < -0.39 is 36.4 Å². The van der Waals surface area contributed by atoms with Crippen molar-refractivity contribution in [2.45, 2.75) is 38.2 Å². The number of halogens is 6. The number of alkyl halides is 6. The van der Waals surface area contributed by atoms with Gasteiger partial charge in [0.05, 0.1) is 23.4 Å². The largest absolute Gasteiger partial charge is 0.416 e. The van der Waals surface area contributed by atoms with Gasteiger partial charge >= 0.3 is 24.4 Å². The lowest BCUT2D eigenvalue weighted by Gasteiger charge is -2.18. The monoisotopic (exact) mass is 673 g/mol. The smallest absolute Gasteiger partial charge is 0.383 e. The van der Waals surface area contributed by atoms with Crippen molar-refractivity contribution in [1.29, 1.82) is 0 Å². The third-order valence-electron chi connectivity index (χ3n) is 7.31. The molecular weight excluding hydrogens is 644 g/mol. The number of urea groups is 2. The maximum Gasteiger partial charge on any atom is 0.416 e. The summed E-state index contributed by atoms with van der Waals surface area (Å²) in [6, 6.07) is 9.33. The van der Waals surface area contributed by atoms with Crippen LogP contribution in [0.4, 0.5) is 53.1 Å². The number of aromatic nitrogens is 4.